The van der Waals surface area contributed by atoms with Crippen LogP contribution in [0.5, 0.6) is 0 Å². The molecule has 1 unspecified atom stereocenters. The molecule has 3 heteroatoms. The first kappa shape index (κ1) is 13.7. The number of hydrogen-bond donors (Lipinski definition) is 1. The highest BCUT2D eigenvalue weighted by molar-refractivity contribution is 9.10. The van der Waals surface area contributed by atoms with Crippen molar-refractivity contribution in [3.8, 4) is 0 Å². The summed E-state index contributed by atoms with van der Waals surface area (Å²) in [6.45, 7) is 6.60. The van der Waals surface area contributed by atoms with Gasteiger partial charge in [0, 0.05) is 4.47 Å². The first-order chi connectivity index (χ1) is 7.47. The Hall–Kier alpha value is -0.410. The lowest BCUT2D eigenvalue weighted by Crippen LogP contribution is -2.14. The van der Waals surface area contributed by atoms with Gasteiger partial charge in [0.15, 0.2) is 0 Å². The van der Waals surface area contributed by atoms with Crippen molar-refractivity contribution in [3.05, 3.63) is 33.5 Å². The molecule has 1 atom stereocenters. The summed E-state index contributed by atoms with van der Waals surface area (Å²) >= 11 is 3.42. The molecule has 1 aromatic carbocycles. The molecule has 16 heavy (non-hydrogen) atoms. The summed E-state index contributed by atoms with van der Waals surface area (Å²) in [4.78, 5) is 0. The average molecular weight is 288 g/mol. The lowest BCUT2D eigenvalue weighted by Gasteiger charge is -2.22. The quantitative estimate of drug-likeness (QED) is 0.891. The van der Waals surface area contributed by atoms with Gasteiger partial charge in [-0.1, -0.05) is 29.8 Å². The normalized spacial score (nSPS) is 13.2. The molecular formula is C13H19BrFN. The second-order valence-corrected chi connectivity index (χ2v) is 5.47. The molecule has 1 rings (SSSR count). The monoisotopic (exact) mass is 287 g/mol. The Labute approximate surface area is 105 Å². The summed E-state index contributed by atoms with van der Waals surface area (Å²) in [6, 6.07) is 3.68. The van der Waals surface area contributed by atoms with Crippen molar-refractivity contribution in [1.29, 1.82) is 0 Å². The number of nitrogens with two attached hydrogens (primary N) is 1. The van der Waals surface area contributed by atoms with Gasteiger partial charge in [-0.2, -0.15) is 0 Å². The van der Waals surface area contributed by atoms with Crippen molar-refractivity contribution in [2.24, 2.45) is 11.7 Å². The Balaban J connectivity index is 3.17. The van der Waals surface area contributed by atoms with E-state index in [9.17, 15) is 4.39 Å². The zero-order valence-electron chi connectivity index (χ0n) is 10.1. The molecule has 0 bridgehead atoms. The average Bonchev–Trinajstić information content (AvgIpc) is 2.20. The Kier molecular flexibility index (Phi) is 4.93. The highest BCUT2D eigenvalue weighted by Crippen LogP contribution is 2.32. The Bertz CT molecular complexity index is 363. The van der Waals surface area contributed by atoms with Crippen LogP contribution in [-0.4, -0.2) is 6.54 Å². The smallest absolute Gasteiger partial charge is 0.129 e. The minimum Gasteiger partial charge on any atom is -0.330 e. The van der Waals surface area contributed by atoms with Gasteiger partial charge in [-0.3, -0.25) is 0 Å². The first-order valence-electron chi connectivity index (χ1n) is 5.63. The minimum atomic E-state index is -0.0876. The standard InChI is InChI=1S/C13H19BrFN/c1-8(2)11(4-5-16)12-7-10(14)6-9(3)13(12)15/h6-8,11H,4-5,16H2,1-3H3. The highest BCUT2D eigenvalue weighted by atomic mass is 79.9. The second-order valence-electron chi connectivity index (χ2n) is 4.55. The highest BCUT2D eigenvalue weighted by Gasteiger charge is 2.20. The molecule has 0 aliphatic carbocycles. The summed E-state index contributed by atoms with van der Waals surface area (Å²) in [5, 5.41) is 0. The molecule has 0 radical (unpaired) electrons. The van der Waals surface area contributed by atoms with Crippen molar-refractivity contribution in [3.63, 3.8) is 0 Å². The molecule has 1 aromatic rings. The summed E-state index contributed by atoms with van der Waals surface area (Å²) in [5.74, 6) is 0.503. The van der Waals surface area contributed by atoms with Crippen LogP contribution < -0.4 is 5.73 Å². The van der Waals surface area contributed by atoms with Gasteiger partial charge in [0.1, 0.15) is 5.82 Å². The van der Waals surface area contributed by atoms with Crippen LogP contribution in [0.2, 0.25) is 0 Å². The number of rotatable bonds is 4. The third kappa shape index (κ3) is 3.05. The fourth-order valence-electron chi connectivity index (χ4n) is 2.05. The van der Waals surface area contributed by atoms with Crippen molar-refractivity contribution >= 4 is 15.9 Å². The molecule has 0 aromatic heterocycles. The minimum absolute atomic E-state index is 0.0876. The van der Waals surface area contributed by atoms with E-state index in [0.29, 0.717) is 18.0 Å². The van der Waals surface area contributed by atoms with Crippen LogP contribution in [0.1, 0.15) is 37.3 Å². The van der Waals surface area contributed by atoms with Crippen LogP contribution in [0.25, 0.3) is 0 Å². The van der Waals surface area contributed by atoms with Crippen LogP contribution in [0.4, 0.5) is 4.39 Å². The topological polar surface area (TPSA) is 26.0 Å². The van der Waals surface area contributed by atoms with E-state index in [1.165, 1.54) is 0 Å². The van der Waals surface area contributed by atoms with Gasteiger partial charge in [0.25, 0.3) is 0 Å². The Morgan fingerprint density at radius 2 is 2.00 bits per heavy atom. The summed E-state index contributed by atoms with van der Waals surface area (Å²) in [6.07, 6.45) is 0.824. The first-order valence-corrected chi connectivity index (χ1v) is 6.42. The molecule has 0 spiro atoms. The molecule has 0 heterocycles. The number of hydrogen-bond acceptors (Lipinski definition) is 1. The van der Waals surface area contributed by atoms with E-state index in [-0.39, 0.29) is 11.7 Å². The van der Waals surface area contributed by atoms with Crippen LogP contribution in [0.3, 0.4) is 0 Å². The van der Waals surface area contributed by atoms with Crippen molar-refractivity contribution in [1.82, 2.24) is 0 Å². The maximum atomic E-state index is 14.1. The second kappa shape index (κ2) is 5.78. The van der Waals surface area contributed by atoms with E-state index < -0.39 is 0 Å². The molecule has 0 aliphatic heterocycles. The van der Waals surface area contributed by atoms with Gasteiger partial charge < -0.3 is 5.73 Å². The predicted octanol–water partition coefficient (Wildman–Crippen LogP) is 3.99. The molecule has 1 nitrogen and oxygen atoms in total. The van der Waals surface area contributed by atoms with Gasteiger partial charge >= 0.3 is 0 Å². The fourth-order valence-corrected chi connectivity index (χ4v) is 2.64. The predicted molar refractivity (Wildman–Crippen MR) is 70.1 cm³/mol. The number of benzene rings is 1. The lowest BCUT2D eigenvalue weighted by molar-refractivity contribution is 0.450. The van der Waals surface area contributed by atoms with Gasteiger partial charge in [0.05, 0.1) is 0 Å². The van der Waals surface area contributed by atoms with Crippen LogP contribution in [0.15, 0.2) is 16.6 Å². The SMILES string of the molecule is Cc1cc(Br)cc(C(CCN)C(C)C)c1F. The molecule has 0 aliphatic rings. The fraction of sp³-hybridized carbons (Fsp3) is 0.538. The van der Waals surface area contributed by atoms with Gasteiger partial charge in [-0.15, -0.1) is 0 Å². The van der Waals surface area contributed by atoms with Gasteiger partial charge in [0.2, 0.25) is 0 Å². The molecule has 0 fully saturated rings. The molecular weight excluding hydrogens is 269 g/mol. The summed E-state index contributed by atoms with van der Waals surface area (Å²) < 4.78 is 15.0. The Morgan fingerprint density at radius 3 is 2.50 bits per heavy atom. The molecule has 90 valence electrons. The zero-order valence-corrected chi connectivity index (χ0v) is 11.6. The van der Waals surface area contributed by atoms with E-state index >= 15 is 0 Å². The largest absolute Gasteiger partial charge is 0.330 e. The Morgan fingerprint density at radius 1 is 1.38 bits per heavy atom. The van der Waals surface area contributed by atoms with E-state index in [1.54, 1.807) is 13.0 Å². The van der Waals surface area contributed by atoms with E-state index in [0.717, 1.165) is 16.5 Å². The van der Waals surface area contributed by atoms with Crippen LogP contribution in [0, 0.1) is 18.7 Å². The third-order valence-corrected chi connectivity index (χ3v) is 3.39. The number of aryl methyl sites for hydroxylation is 1. The summed E-state index contributed by atoms with van der Waals surface area (Å²) in [5.41, 5.74) is 7.07. The van der Waals surface area contributed by atoms with Gasteiger partial charge in [-0.25, -0.2) is 4.39 Å². The van der Waals surface area contributed by atoms with Crippen LogP contribution in [-0.2, 0) is 0 Å². The molecule has 0 saturated carbocycles. The van der Waals surface area contributed by atoms with Gasteiger partial charge in [-0.05, 0) is 55.0 Å². The van der Waals surface area contributed by atoms with Crippen molar-refractivity contribution in [2.75, 3.05) is 6.54 Å². The number of halogens is 2. The third-order valence-electron chi connectivity index (χ3n) is 2.93. The van der Waals surface area contributed by atoms with E-state index in [2.05, 4.69) is 29.8 Å². The maximum Gasteiger partial charge on any atom is 0.129 e. The van der Waals surface area contributed by atoms with Crippen LogP contribution >= 0.6 is 15.9 Å². The lowest BCUT2D eigenvalue weighted by atomic mass is 9.85. The van der Waals surface area contributed by atoms with Crippen molar-refractivity contribution in [2.45, 2.75) is 33.1 Å². The maximum absolute atomic E-state index is 14.1. The molecule has 0 saturated heterocycles. The van der Waals surface area contributed by atoms with E-state index in [4.69, 9.17) is 5.73 Å². The van der Waals surface area contributed by atoms with Crippen molar-refractivity contribution < 1.29 is 4.39 Å². The summed E-state index contributed by atoms with van der Waals surface area (Å²) in [7, 11) is 0. The van der Waals surface area contributed by atoms with E-state index in [1.807, 2.05) is 6.07 Å². The molecule has 0 amide bonds. The molecule has 2 N–H and O–H groups in total. The zero-order chi connectivity index (χ0) is 12.3.